The Morgan fingerprint density at radius 1 is 1.23 bits per heavy atom. The van der Waals surface area contributed by atoms with Gasteiger partial charge in [0.1, 0.15) is 0 Å². The molecule has 2 aromatic rings. The number of morpholine rings is 1. The summed E-state index contributed by atoms with van der Waals surface area (Å²) in [4.78, 5) is 15.0. The highest BCUT2D eigenvalue weighted by Gasteiger charge is 2.29. The molecule has 1 amide bonds. The maximum atomic E-state index is 13.2. The molecular weight excluding hydrogens is 414 g/mol. The number of amides is 1. The van der Waals surface area contributed by atoms with Gasteiger partial charge in [-0.2, -0.15) is 9.57 Å². The van der Waals surface area contributed by atoms with E-state index in [0.29, 0.717) is 56.1 Å². The molecule has 0 atom stereocenters. The summed E-state index contributed by atoms with van der Waals surface area (Å²) in [7, 11) is -3.72. The molecule has 2 aromatic carbocycles. The van der Waals surface area contributed by atoms with Gasteiger partial charge in [-0.1, -0.05) is 24.3 Å². The van der Waals surface area contributed by atoms with Crippen molar-refractivity contribution in [1.29, 1.82) is 5.26 Å². The van der Waals surface area contributed by atoms with Crippen molar-refractivity contribution < 1.29 is 17.9 Å². The minimum atomic E-state index is -3.72. The van der Waals surface area contributed by atoms with Crippen molar-refractivity contribution in [3.63, 3.8) is 0 Å². The Morgan fingerprint density at radius 3 is 2.52 bits per heavy atom. The lowest BCUT2D eigenvalue weighted by Gasteiger charge is -2.27. The fourth-order valence-electron chi connectivity index (χ4n) is 3.40. The van der Waals surface area contributed by atoms with Crippen LogP contribution in [0.15, 0.2) is 60.0 Å². The van der Waals surface area contributed by atoms with Crippen molar-refractivity contribution in [3.8, 4) is 6.07 Å². The van der Waals surface area contributed by atoms with Crippen molar-refractivity contribution >= 4 is 15.9 Å². The van der Waals surface area contributed by atoms with Crippen LogP contribution in [0.25, 0.3) is 0 Å². The monoisotopic (exact) mass is 439 g/mol. The summed E-state index contributed by atoms with van der Waals surface area (Å²) in [5.41, 5.74) is 2.29. The first-order chi connectivity index (χ1) is 14.9. The van der Waals surface area contributed by atoms with E-state index in [1.807, 2.05) is 0 Å². The first-order valence-corrected chi connectivity index (χ1v) is 11.4. The molecule has 31 heavy (non-hydrogen) atoms. The predicted octanol–water partition coefficient (Wildman–Crippen LogP) is 2.72. The van der Waals surface area contributed by atoms with Gasteiger partial charge in [0, 0.05) is 31.7 Å². The minimum Gasteiger partial charge on any atom is -0.379 e. The number of benzene rings is 2. The highest BCUT2D eigenvalue weighted by molar-refractivity contribution is 7.89. The van der Waals surface area contributed by atoms with E-state index in [1.54, 1.807) is 54.3 Å². The molecule has 1 aliphatic rings. The number of aryl methyl sites for hydroxylation is 1. The number of carbonyl (C=O) groups is 1. The number of rotatable bonds is 7. The number of nitriles is 1. The Bertz CT molecular complexity index is 1100. The third-order valence-electron chi connectivity index (χ3n) is 5.12. The van der Waals surface area contributed by atoms with Crippen LogP contribution in [0, 0.1) is 18.3 Å². The molecule has 162 valence electrons. The summed E-state index contributed by atoms with van der Waals surface area (Å²) in [6.07, 6.45) is 1.63. The minimum absolute atomic E-state index is 0.136. The molecule has 0 bridgehead atoms. The summed E-state index contributed by atoms with van der Waals surface area (Å²) in [5.74, 6) is -0.289. The van der Waals surface area contributed by atoms with Crippen LogP contribution in [0.5, 0.6) is 0 Å². The Hall–Kier alpha value is -2.99. The van der Waals surface area contributed by atoms with E-state index in [0.717, 1.165) is 5.56 Å². The smallest absolute Gasteiger partial charge is 0.254 e. The third-order valence-corrected chi connectivity index (χ3v) is 7.16. The van der Waals surface area contributed by atoms with Crippen LogP contribution in [-0.2, 0) is 21.3 Å². The molecule has 1 heterocycles. The van der Waals surface area contributed by atoms with E-state index in [-0.39, 0.29) is 10.8 Å². The molecule has 1 fully saturated rings. The predicted molar refractivity (Wildman–Crippen MR) is 117 cm³/mol. The zero-order valence-corrected chi connectivity index (χ0v) is 18.3. The molecule has 0 aliphatic carbocycles. The number of ether oxygens (including phenoxy) is 1. The zero-order chi connectivity index (χ0) is 22.4. The Labute approximate surface area is 183 Å². The van der Waals surface area contributed by atoms with Crippen LogP contribution >= 0.6 is 0 Å². The van der Waals surface area contributed by atoms with E-state index in [2.05, 4.69) is 12.6 Å². The number of hydrogen-bond acceptors (Lipinski definition) is 5. The molecule has 0 saturated carbocycles. The molecule has 0 radical (unpaired) electrons. The molecule has 0 unspecified atom stereocenters. The second-order valence-corrected chi connectivity index (χ2v) is 9.19. The lowest BCUT2D eigenvalue weighted by molar-refractivity contribution is 0.0729. The summed E-state index contributed by atoms with van der Waals surface area (Å²) < 4.78 is 32.9. The maximum absolute atomic E-state index is 13.2. The molecule has 3 rings (SSSR count). The van der Waals surface area contributed by atoms with Crippen molar-refractivity contribution in [2.24, 2.45) is 0 Å². The van der Waals surface area contributed by atoms with Crippen molar-refractivity contribution in [1.82, 2.24) is 9.21 Å². The largest absolute Gasteiger partial charge is 0.379 e. The average Bonchev–Trinajstić information content (AvgIpc) is 2.79. The third kappa shape index (κ3) is 5.20. The summed E-state index contributed by atoms with van der Waals surface area (Å²) in [5, 5.41) is 8.95. The highest BCUT2D eigenvalue weighted by atomic mass is 32.2. The molecule has 7 nitrogen and oxygen atoms in total. The lowest BCUT2D eigenvalue weighted by Crippen LogP contribution is -2.41. The van der Waals surface area contributed by atoms with E-state index >= 15 is 0 Å². The van der Waals surface area contributed by atoms with Gasteiger partial charge in [0.05, 0.1) is 29.7 Å². The first kappa shape index (κ1) is 22.7. The molecule has 1 aliphatic heterocycles. The highest BCUT2D eigenvalue weighted by Crippen LogP contribution is 2.23. The molecule has 8 heteroatoms. The summed E-state index contributed by atoms with van der Waals surface area (Å²) in [6, 6.07) is 13.8. The maximum Gasteiger partial charge on any atom is 0.254 e. The Kier molecular flexibility index (Phi) is 7.23. The molecule has 0 spiro atoms. The van der Waals surface area contributed by atoms with Crippen molar-refractivity contribution in [2.45, 2.75) is 18.4 Å². The fourth-order valence-corrected chi connectivity index (χ4v) is 5.06. The SMILES string of the molecule is C=CCN(Cc1ccc(C#N)cc1)C(=O)c1ccc(C)c(S(=O)(=O)N2CCOCC2)c1. The Balaban J connectivity index is 1.88. The van der Waals surface area contributed by atoms with Gasteiger partial charge in [-0.25, -0.2) is 8.42 Å². The first-order valence-electron chi connectivity index (χ1n) is 9.94. The van der Waals surface area contributed by atoms with Crippen LogP contribution in [0.3, 0.4) is 0 Å². The number of carbonyl (C=O) groups excluding carboxylic acids is 1. The fraction of sp³-hybridized carbons (Fsp3) is 0.304. The molecular formula is C23H25N3O4S. The van der Waals surface area contributed by atoms with Gasteiger partial charge < -0.3 is 9.64 Å². The normalized spacial score (nSPS) is 14.6. The second kappa shape index (κ2) is 9.88. The van der Waals surface area contributed by atoms with Crippen molar-refractivity contribution in [2.75, 3.05) is 32.8 Å². The number of sulfonamides is 1. The lowest BCUT2D eigenvalue weighted by atomic mass is 10.1. The average molecular weight is 440 g/mol. The van der Waals surface area contributed by atoms with E-state index < -0.39 is 10.0 Å². The van der Waals surface area contributed by atoms with Crippen LogP contribution in [-0.4, -0.2) is 56.4 Å². The molecule has 0 N–H and O–H groups in total. The summed E-state index contributed by atoms with van der Waals surface area (Å²) in [6.45, 7) is 7.36. The standard InChI is InChI=1S/C23H25N3O4S/c1-3-10-25(17-20-7-5-19(16-24)6-8-20)23(27)21-9-4-18(2)22(15-21)31(28,29)26-11-13-30-14-12-26/h3-9,15H,1,10-14,17H2,2H3. The van der Waals surface area contributed by atoms with E-state index in [1.165, 1.54) is 10.4 Å². The van der Waals surface area contributed by atoms with E-state index in [4.69, 9.17) is 10.00 Å². The van der Waals surface area contributed by atoms with Gasteiger partial charge >= 0.3 is 0 Å². The second-order valence-electron chi connectivity index (χ2n) is 7.28. The summed E-state index contributed by atoms with van der Waals surface area (Å²) >= 11 is 0. The molecule has 1 saturated heterocycles. The van der Waals surface area contributed by atoms with Crippen LogP contribution in [0.4, 0.5) is 0 Å². The van der Waals surface area contributed by atoms with Crippen LogP contribution < -0.4 is 0 Å². The van der Waals surface area contributed by atoms with Gasteiger partial charge in [0.15, 0.2) is 0 Å². The van der Waals surface area contributed by atoms with Crippen LogP contribution in [0.2, 0.25) is 0 Å². The van der Waals surface area contributed by atoms with Gasteiger partial charge in [0.25, 0.3) is 5.91 Å². The topological polar surface area (TPSA) is 90.7 Å². The Morgan fingerprint density at radius 2 is 1.90 bits per heavy atom. The zero-order valence-electron chi connectivity index (χ0n) is 17.5. The number of hydrogen-bond donors (Lipinski definition) is 0. The van der Waals surface area contributed by atoms with Gasteiger partial charge in [-0.15, -0.1) is 6.58 Å². The van der Waals surface area contributed by atoms with Gasteiger partial charge in [0.2, 0.25) is 10.0 Å². The van der Waals surface area contributed by atoms with E-state index in [9.17, 15) is 13.2 Å². The van der Waals surface area contributed by atoms with Crippen LogP contribution in [0.1, 0.15) is 27.0 Å². The number of nitrogens with zero attached hydrogens (tertiary/aromatic N) is 3. The molecule has 0 aromatic heterocycles. The van der Waals surface area contributed by atoms with Crippen molar-refractivity contribution in [3.05, 3.63) is 77.4 Å². The van der Waals surface area contributed by atoms with Gasteiger partial charge in [-0.05, 0) is 42.3 Å². The quantitative estimate of drug-likeness (QED) is 0.619. The van der Waals surface area contributed by atoms with Gasteiger partial charge in [-0.3, -0.25) is 4.79 Å².